The number of hydrogen-bond donors (Lipinski definition) is 3. The molecule has 0 unspecified atom stereocenters. The average molecular weight is 178 g/mol. The molecule has 1 aromatic heterocycles. The van der Waals surface area contributed by atoms with Gasteiger partial charge in [0.05, 0.1) is 6.33 Å². The van der Waals surface area contributed by atoms with Gasteiger partial charge < -0.3 is 19.2 Å². The summed E-state index contributed by atoms with van der Waals surface area (Å²) in [6.07, 6.45) is 5.53. The zero-order valence-electron chi connectivity index (χ0n) is 6.12. The highest BCUT2D eigenvalue weighted by atomic mass is 31.2. The molecular weight excluding hydrogens is 167 g/mol. The van der Waals surface area contributed by atoms with Crippen molar-refractivity contribution in [1.29, 1.82) is 0 Å². The molecule has 1 heterocycles. The van der Waals surface area contributed by atoms with Crippen LogP contribution in [0.25, 0.3) is 0 Å². The molecule has 0 fully saturated rings. The molecule has 6 heteroatoms. The number of imidazole rings is 1. The Labute approximate surface area is 65.9 Å². The van der Waals surface area contributed by atoms with E-state index >= 15 is 0 Å². The summed E-state index contributed by atoms with van der Waals surface area (Å²) in [7, 11) is -2.62. The molecule has 0 radical (unpaired) electrons. The SMILES string of the molecule is CCn1ccnc1.OP(O)O. The van der Waals surface area contributed by atoms with Crippen molar-refractivity contribution in [3.8, 4) is 0 Å². The van der Waals surface area contributed by atoms with Crippen molar-refractivity contribution >= 4 is 8.60 Å². The number of nitrogens with zero attached hydrogens (tertiary/aromatic N) is 2. The first-order valence-electron chi connectivity index (χ1n) is 2.99. The van der Waals surface area contributed by atoms with Crippen molar-refractivity contribution in [2.24, 2.45) is 0 Å². The van der Waals surface area contributed by atoms with Gasteiger partial charge in [-0.15, -0.1) is 0 Å². The minimum atomic E-state index is -2.62. The fraction of sp³-hybridized carbons (Fsp3) is 0.400. The van der Waals surface area contributed by atoms with Crippen LogP contribution in [0.3, 0.4) is 0 Å². The molecule has 1 aromatic rings. The smallest absolute Gasteiger partial charge is 0.324 e. The van der Waals surface area contributed by atoms with Crippen molar-refractivity contribution in [3.05, 3.63) is 18.7 Å². The van der Waals surface area contributed by atoms with Gasteiger partial charge >= 0.3 is 8.60 Å². The molecule has 0 atom stereocenters. The van der Waals surface area contributed by atoms with Gasteiger partial charge in [0.15, 0.2) is 0 Å². The first kappa shape index (κ1) is 10.5. The summed E-state index contributed by atoms with van der Waals surface area (Å²) in [6.45, 7) is 3.10. The lowest BCUT2D eigenvalue weighted by Gasteiger charge is -1.87. The Morgan fingerprint density at radius 1 is 1.45 bits per heavy atom. The predicted octanol–water partition coefficient (Wildman–Crippen LogP) is 0.0932. The molecule has 0 aliphatic heterocycles. The monoisotopic (exact) mass is 178 g/mol. The Kier molecular flexibility index (Phi) is 5.97. The van der Waals surface area contributed by atoms with Gasteiger partial charge in [0.1, 0.15) is 0 Å². The second-order valence-corrected chi connectivity index (χ2v) is 2.20. The molecule has 0 saturated heterocycles. The number of aryl methyl sites for hydroxylation is 1. The highest BCUT2D eigenvalue weighted by Crippen LogP contribution is 2.11. The molecule has 1 rings (SSSR count). The zero-order valence-corrected chi connectivity index (χ0v) is 7.02. The van der Waals surface area contributed by atoms with Gasteiger partial charge in [-0.2, -0.15) is 0 Å². The first-order chi connectivity index (χ1) is 5.16. The van der Waals surface area contributed by atoms with Gasteiger partial charge in [-0.3, -0.25) is 0 Å². The zero-order chi connectivity index (χ0) is 8.69. The third-order valence-electron chi connectivity index (χ3n) is 0.924. The van der Waals surface area contributed by atoms with E-state index in [1.807, 2.05) is 10.8 Å². The van der Waals surface area contributed by atoms with Crippen LogP contribution in [0.15, 0.2) is 18.7 Å². The maximum Gasteiger partial charge on any atom is 0.324 e. The Balaban J connectivity index is 0.000000218. The molecule has 3 N–H and O–H groups in total. The van der Waals surface area contributed by atoms with E-state index in [4.69, 9.17) is 14.7 Å². The van der Waals surface area contributed by atoms with E-state index in [2.05, 4.69) is 11.9 Å². The minimum absolute atomic E-state index is 1.01. The highest BCUT2D eigenvalue weighted by Gasteiger charge is 1.77. The average Bonchev–Trinajstić information content (AvgIpc) is 2.36. The van der Waals surface area contributed by atoms with E-state index in [0.29, 0.717) is 0 Å². The predicted molar refractivity (Wildman–Crippen MR) is 41.5 cm³/mol. The van der Waals surface area contributed by atoms with Crippen LogP contribution < -0.4 is 0 Å². The molecule has 64 valence electrons. The summed E-state index contributed by atoms with van der Waals surface area (Å²) in [5, 5.41) is 0. The standard InChI is InChI=1S/C5H8N2.H3O3P/c1-2-7-4-3-6-5-7;1-4(2)3/h3-5H,2H2,1H3;1-3H. The van der Waals surface area contributed by atoms with Crippen LogP contribution in [-0.4, -0.2) is 24.2 Å². The summed E-state index contributed by atoms with van der Waals surface area (Å²) < 4.78 is 2.01. The van der Waals surface area contributed by atoms with Gasteiger partial charge in [-0.1, -0.05) is 0 Å². The Hall–Kier alpha value is -0.480. The van der Waals surface area contributed by atoms with Crippen LogP contribution in [0.2, 0.25) is 0 Å². The van der Waals surface area contributed by atoms with Crippen molar-refractivity contribution < 1.29 is 14.7 Å². The largest absolute Gasteiger partial charge is 0.338 e. The van der Waals surface area contributed by atoms with Gasteiger partial charge in [-0.25, -0.2) is 4.98 Å². The molecule has 5 nitrogen and oxygen atoms in total. The molecule has 11 heavy (non-hydrogen) atoms. The lowest BCUT2D eigenvalue weighted by molar-refractivity contribution is 0.368. The molecule has 0 amide bonds. The highest BCUT2D eigenvalue weighted by molar-refractivity contribution is 7.38. The van der Waals surface area contributed by atoms with Crippen LogP contribution in [0, 0.1) is 0 Å². The van der Waals surface area contributed by atoms with Gasteiger partial charge in [-0.05, 0) is 6.92 Å². The van der Waals surface area contributed by atoms with Gasteiger partial charge in [0.2, 0.25) is 0 Å². The normalized spacial score (nSPS) is 9.18. The maximum atomic E-state index is 7.23. The van der Waals surface area contributed by atoms with Crippen molar-refractivity contribution in [2.45, 2.75) is 13.5 Å². The quantitative estimate of drug-likeness (QED) is 0.532. The van der Waals surface area contributed by atoms with Gasteiger partial charge in [0, 0.05) is 18.9 Å². The minimum Gasteiger partial charge on any atom is -0.338 e. The van der Waals surface area contributed by atoms with E-state index in [1.54, 1.807) is 12.5 Å². The molecule has 0 bridgehead atoms. The molecule has 0 saturated carbocycles. The maximum absolute atomic E-state index is 7.23. The number of hydrogen-bond acceptors (Lipinski definition) is 4. The van der Waals surface area contributed by atoms with Crippen LogP contribution in [0.5, 0.6) is 0 Å². The van der Waals surface area contributed by atoms with Crippen molar-refractivity contribution in [3.63, 3.8) is 0 Å². The Morgan fingerprint density at radius 2 is 2.00 bits per heavy atom. The molecule has 0 aromatic carbocycles. The fourth-order valence-electron chi connectivity index (χ4n) is 0.474. The lowest BCUT2D eigenvalue weighted by atomic mass is 10.7. The van der Waals surface area contributed by atoms with Crippen LogP contribution in [0.4, 0.5) is 0 Å². The fourth-order valence-corrected chi connectivity index (χ4v) is 0.474. The number of rotatable bonds is 1. The van der Waals surface area contributed by atoms with Crippen LogP contribution >= 0.6 is 8.60 Å². The second kappa shape index (κ2) is 6.24. The Morgan fingerprint density at radius 3 is 2.18 bits per heavy atom. The summed E-state index contributed by atoms with van der Waals surface area (Å²) in [5.41, 5.74) is 0. The van der Waals surface area contributed by atoms with E-state index in [0.717, 1.165) is 6.54 Å². The lowest BCUT2D eigenvalue weighted by Crippen LogP contribution is -1.85. The molecular formula is C5H11N2O3P. The summed E-state index contributed by atoms with van der Waals surface area (Å²) in [4.78, 5) is 25.6. The first-order valence-corrected chi connectivity index (χ1v) is 4.19. The molecule has 0 spiro atoms. The molecule has 0 aliphatic carbocycles. The van der Waals surface area contributed by atoms with E-state index in [9.17, 15) is 0 Å². The van der Waals surface area contributed by atoms with E-state index in [-0.39, 0.29) is 0 Å². The summed E-state index contributed by atoms with van der Waals surface area (Å²) >= 11 is 0. The van der Waals surface area contributed by atoms with Crippen LogP contribution in [0.1, 0.15) is 6.92 Å². The number of aromatic nitrogens is 2. The van der Waals surface area contributed by atoms with Crippen LogP contribution in [-0.2, 0) is 6.54 Å². The van der Waals surface area contributed by atoms with Gasteiger partial charge in [0.25, 0.3) is 0 Å². The Bertz CT molecular complexity index is 163. The van der Waals surface area contributed by atoms with Crippen molar-refractivity contribution in [1.82, 2.24) is 9.55 Å². The third kappa shape index (κ3) is 7.42. The summed E-state index contributed by atoms with van der Waals surface area (Å²) in [6, 6.07) is 0. The topological polar surface area (TPSA) is 78.5 Å². The third-order valence-corrected chi connectivity index (χ3v) is 0.924. The van der Waals surface area contributed by atoms with E-state index in [1.165, 1.54) is 0 Å². The van der Waals surface area contributed by atoms with Crippen molar-refractivity contribution in [2.75, 3.05) is 0 Å². The summed E-state index contributed by atoms with van der Waals surface area (Å²) in [5.74, 6) is 0. The molecule has 0 aliphatic rings. The second-order valence-electron chi connectivity index (χ2n) is 1.66. The van der Waals surface area contributed by atoms with E-state index < -0.39 is 8.60 Å².